The second kappa shape index (κ2) is 7.34. The molecule has 100 valence electrons. The number of rotatable bonds is 6. The predicted molar refractivity (Wildman–Crippen MR) is 67.1 cm³/mol. The summed E-state index contributed by atoms with van der Waals surface area (Å²) < 4.78 is 23.5. The van der Waals surface area contributed by atoms with Crippen LogP contribution < -0.4 is 0 Å². The van der Waals surface area contributed by atoms with Crippen molar-refractivity contribution in [3.63, 3.8) is 0 Å². The number of benzene rings is 1. The van der Waals surface area contributed by atoms with Crippen molar-refractivity contribution in [3.8, 4) is 0 Å². The van der Waals surface area contributed by atoms with Crippen molar-refractivity contribution in [2.75, 3.05) is 13.2 Å². The van der Waals surface area contributed by atoms with E-state index < -0.39 is 17.7 Å². The standard InChI is InChI=1S/C13H16ClFO3/c1-3-17-12(14)10-7-5-9(6-8-10)11(15)13(16)18-4-2/h5-8,11-12H,3-4H2,1-2H3. The molecule has 0 N–H and O–H groups in total. The fraction of sp³-hybridized carbons (Fsp3) is 0.462. The first-order chi connectivity index (χ1) is 8.60. The van der Waals surface area contributed by atoms with E-state index in [2.05, 4.69) is 4.74 Å². The second-order valence-electron chi connectivity index (χ2n) is 3.55. The third-order valence-corrected chi connectivity index (χ3v) is 2.68. The Morgan fingerprint density at radius 1 is 1.22 bits per heavy atom. The quantitative estimate of drug-likeness (QED) is 0.588. The van der Waals surface area contributed by atoms with Gasteiger partial charge in [0.2, 0.25) is 6.17 Å². The number of esters is 1. The third-order valence-electron chi connectivity index (χ3n) is 2.30. The monoisotopic (exact) mass is 274 g/mol. The minimum absolute atomic E-state index is 0.158. The normalized spacial score (nSPS) is 14.0. The van der Waals surface area contributed by atoms with Crippen molar-refractivity contribution < 1.29 is 18.7 Å². The zero-order chi connectivity index (χ0) is 13.5. The van der Waals surface area contributed by atoms with E-state index in [9.17, 15) is 9.18 Å². The van der Waals surface area contributed by atoms with Gasteiger partial charge in [-0.2, -0.15) is 0 Å². The maximum Gasteiger partial charge on any atom is 0.345 e. The van der Waals surface area contributed by atoms with Crippen molar-refractivity contribution in [1.82, 2.24) is 0 Å². The van der Waals surface area contributed by atoms with Crippen LogP contribution in [0.5, 0.6) is 0 Å². The largest absolute Gasteiger partial charge is 0.464 e. The Kier molecular flexibility index (Phi) is 6.09. The molecule has 1 aromatic carbocycles. The molecule has 3 nitrogen and oxygen atoms in total. The molecule has 0 amide bonds. The summed E-state index contributed by atoms with van der Waals surface area (Å²) >= 11 is 5.94. The molecule has 0 aromatic heterocycles. The van der Waals surface area contributed by atoms with Crippen LogP contribution in [0.15, 0.2) is 24.3 Å². The van der Waals surface area contributed by atoms with Gasteiger partial charge in [0, 0.05) is 6.61 Å². The van der Waals surface area contributed by atoms with Crippen LogP contribution in [0.2, 0.25) is 0 Å². The second-order valence-corrected chi connectivity index (χ2v) is 3.95. The van der Waals surface area contributed by atoms with Crippen molar-refractivity contribution in [2.24, 2.45) is 0 Å². The van der Waals surface area contributed by atoms with E-state index in [-0.39, 0.29) is 12.2 Å². The predicted octanol–water partition coefficient (Wildman–Crippen LogP) is 3.53. The lowest BCUT2D eigenvalue weighted by molar-refractivity contribution is -0.149. The van der Waals surface area contributed by atoms with Crippen LogP contribution in [0, 0.1) is 0 Å². The van der Waals surface area contributed by atoms with Crippen molar-refractivity contribution in [1.29, 1.82) is 0 Å². The summed E-state index contributed by atoms with van der Waals surface area (Å²) in [4.78, 5) is 11.2. The molecule has 0 bridgehead atoms. The van der Waals surface area contributed by atoms with Gasteiger partial charge in [0.15, 0.2) is 5.56 Å². The minimum Gasteiger partial charge on any atom is -0.464 e. The number of alkyl halides is 2. The topological polar surface area (TPSA) is 35.5 Å². The van der Waals surface area contributed by atoms with Crippen LogP contribution in [-0.2, 0) is 14.3 Å². The number of hydrogen-bond acceptors (Lipinski definition) is 3. The summed E-state index contributed by atoms with van der Waals surface area (Å²) in [5, 5.41) is 0. The number of hydrogen-bond donors (Lipinski definition) is 0. The number of carbonyl (C=O) groups is 1. The number of halogens is 2. The van der Waals surface area contributed by atoms with Crippen LogP contribution in [-0.4, -0.2) is 19.2 Å². The van der Waals surface area contributed by atoms with E-state index in [1.54, 1.807) is 19.1 Å². The molecule has 1 aromatic rings. The molecular weight excluding hydrogens is 259 g/mol. The Hall–Kier alpha value is -1.13. The summed E-state index contributed by atoms with van der Waals surface area (Å²) in [7, 11) is 0. The Morgan fingerprint density at radius 2 is 1.78 bits per heavy atom. The maximum absolute atomic E-state index is 13.7. The summed E-state index contributed by atoms with van der Waals surface area (Å²) in [5.74, 6) is -0.877. The zero-order valence-electron chi connectivity index (χ0n) is 10.4. The SMILES string of the molecule is CCOC(=O)C(F)c1ccc(C(Cl)OCC)cc1. The molecule has 0 fully saturated rings. The lowest BCUT2D eigenvalue weighted by Crippen LogP contribution is -2.12. The van der Waals surface area contributed by atoms with Gasteiger partial charge < -0.3 is 9.47 Å². The first kappa shape index (κ1) is 14.9. The molecule has 0 aliphatic rings. The molecule has 0 aliphatic heterocycles. The summed E-state index contributed by atoms with van der Waals surface area (Å²) in [5.41, 5.74) is 0.403. The molecule has 0 spiro atoms. The van der Waals surface area contributed by atoms with Gasteiger partial charge in [-0.05, 0) is 25.0 Å². The fourth-order valence-electron chi connectivity index (χ4n) is 1.41. The summed E-state index contributed by atoms with van der Waals surface area (Å²) in [6, 6.07) is 6.28. The molecule has 1 rings (SSSR count). The van der Waals surface area contributed by atoms with E-state index in [1.165, 1.54) is 12.1 Å². The summed E-state index contributed by atoms with van der Waals surface area (Å²) in [6.45, 7) is 4.12. The van der Waals surface area contributed by atoms with E-state index in [1.807, 2.05) is 6.92 Å². The Balaban J connectivity index is 2.73. The van der Waals surface area contributed by atoms with Crippen LogP contribution in [0.25, 0.3) is 0 Å². The van der Waals surface area contributed by atoms with Crippen LogP contribution >= 0.6 is 11.6 Å². The van der Waals surface area contributed by atoms with E-state index >= 15 is 0 Å². The first-order valence-electron chi connectivity index (χ1n) is 5.76. The number of ether oxygens (including phenoxy) is 2. The Bertz CT molecular complexity index is 380. The van der Waals surface area contributed by atoms with Gasteiger partial charge in [-0.3, -0.25) is 0 Å². The van der Waals surface area contributed by atoms with E-state index in [0.29, 0.717) is 6.61 Å². The fourth-order valence-corrected chi connectivity index (χ4v) is 1.68. The van der Waals surface area contributed by atoms with Gasteiger partial charge in [-0.1, -0.05) is 35.9 Å². The molecule has 0 radical (unpaired) electrons. The molecule has 18 heavy (non-hydrogen) atoms. The molecule has 0 heterocycles. The molecule has 0 saturated heterocycles. The van der Waals surface area contributed by atoms with Crippen molar-refractivity contribution >= 4 is 17.6 Å². The van der Waals surface area contributed by atoms with E-state index in [0.717, 1.165) is 5.56 Å². The third kappa shape index (κ3) is 3.96. The van der Waals surface area contributed by atoms with Crippen LogP contribution in [0.4, 0.5) is 4.39 Å². The molecular formula is C13H16ClFO3. The summed E-state index contributed by atoms with van der Waals surface area (Å²) in [6.07, 6.45) is -1.76. The lowest BCUT2D eigenvalue weighted by atomic mass is 10.1. The average molecular weight is 275 g/mol. The Morgan fingerprint density at radius 3 is 2.28 bits per heavy atom. The maximum atomic E-state index is 13.7. The molecule has 0 aliphatic carbocycles. The van der Waals surface area contributed by atoms with Crippen molar-refractivity contribution in [3.05, 3.63) is 35.4 Å². The average Bonchev–Trinajstić information content (AvgIpc) is 2.38. The molecule has 2 atom stereocenters. The smallest absolute Gasteiger partial charge is 0.345 e. The first-order valence-corrected chi connectivity index (χ1v) is 6.20. The highest BCUT2D eigenvalue weighted by Crippen LogP contribution is 2.25. The lowest BCUT2D eigenvalue weighted by Gasteiger charge is -2.11. The van der Waals surface area contributed by atoms with Gasteiger partial charge in [-0.15, -0.1) is 0 Å². The minimum atomic E-state index is -1.76. The highest BCUT2D eigenvalue weighted by atomic mass is 35.5. The zero-order valence-corrected chi connectivity index (χ0v) is 11.1. The van der Waals surface area contributed by atoms with Gasteiger partial charge in [0.05, 0.1) is 6.61 Å². The van der Waals surface area contributed by atoms with Crippen LogP contribution in [0.3, 0.4) is 0 Å². The Labute approximate surface area is 111 Å². The van der Waals surface area contributed by atoms with Gasteiger partial charge in [0.25, 0.3) is 0 Å². The number of carbonyl (C=O) groups excluding carboxylic acids is 1. The van der Waals surface area contributed by atoms with Gasteiger partial charge in [-0.25, -0.2) is 9.18 Å². The van der Waals surface area contributed by atoms with Crippen LogP contribution in [0.1, 0.15) is 36.7 Å². The molecule has 2 unspecified atom stereocenters. The highest BCUT2D eigenvalue weighted by molar-refractivity contribution is 6.19. The molecule has 5 heteroatoms. The van der Waals surface area contributed by atoms with Gasteiger partial charge in [0.1, 0.15) is 0 Å². The van der Waals surface area contributed by atoms with Gasteiger partial charge >= 0.3 is 5.97 Å². The van der Waals surface area contributed by atoms with Crippen molar-refractivity contribution in [2.45, 2.75) is 25.6 Å². The van der Waals surface area contributed by atoms with E-state index in [4.69, 9.17) is 16.3 Å². The molecule has 0 saturated carbocycles. The highest BCUT2D eigenvalue weighted by Gasteiger charge is 2.21.